The van der Waals surface area contributed by atoms with Crippen molar-refractivity contribution in [2.45, 2.75) is 89.1 Å². The molecular weight excluding hydrogens is 1720 g/mol. The average molecular weight is 1810 g/mol. The molecular formula is C82H91N19O17S6. The first-order valence-electron chi connectivity index (χ1n) is 38.1. The van der Waals surface area contributed by atoms with Crippen molar-refractivity contribution in [1.82, 2.24) is 50.4 Å². The number of hydrogen-bond acceptors (Lipinski definition) is 37. The van der Waals surface area contributed by atoms with Crippen LogP contribution in [0.25, 0.3) is 34.2 Å². The molecule has 0 radical (unpaired) electrons. The number of carbonyl (C=O) groups is 6. The minimum atomic E-state index is -0.486. The van der Waals surface area contributed by atoms with Crippen LogP contribution in [0.2, 0.25) is 0 Å². The summed E-state index contributed by atoms with van der Waals surface area (Å²) in [6.07, 6.45) is 4.11. The topological polar surface area (TPSA) is 459 Å². The number of anilines is 1. The largest absolute Gasteiger partial charge is 0.496 e. The minimum absolute atomic E-state index is 0.0372. The van der Waals surface area contributed by atoms with Crippen LogP contribution in [-0.4, -0.2) is 238 Å². The van der Waals surface area contributed by atoms with Gasteiger partial charge in [-0.2, -0.15) is 15.3 Å². The van der Waals surface area contributed by atoms with Crippen molar-refractivity contribution in [1.29, 1.82) is 0 Å². The third-order valence-electron chi connectivity index (χ3n) is 17.3. The molecule has 1 saturated heterocycles. The number of aromatic amines is 3. The van der Waals surface area contributed by atoms with Gasteiger partial charge in [-0.15, -0.1) is 54.1 Å². The zero-order valence-corrected chi connectivity index (χ0v) is 74.8. The molecule has 5 aliphatic rings. The zero-order chi connectivity index (χ0) is 89.2. The van der Waals surface area contributed by atoms with Crippen LogP contribution in [-0.2, 0) is 33.5 Å². The lowest BCUT2D eigenvalue weighted by molar-refractivity contribution is -0.385. The number of esters is 1. The number of aryl methyl sites for hydroxylation is 1. The summed E-state index contributed by atoms with van der Waals surface area (Å²) in [6, 6.07) is 36.8. The maximum absolute atomic E-state index is 11.2. The third kappa shape index (κ3) is 29.9. The lowest BCUT2D eigenvalue weighted by Gasteiger charge is -2.16. The summed E-state index contributed by atoms with van der Waals surface area (Å²) in [4.78, 5) is 105. The van der Waals surface area contributed by atoms with Crippen molar-refractivity contribution in [3.63, 3.8) is 0 Å². The predicted octanol–water partition coefficient (Wildman–Crippen LogP) is 14.0. The number of ether oxygens (including phenoxy) is 7. The van der Waals surface area contributed by atoms with E-state index in [1.165, 1.54) is 155 Å². The van der Waals surface area contributed by atoms with E-state index >= 15 is 0 Å². The SMILES string of the molecule is CC(=O)CSC1=NN=C(c2cc3c(cc2[N+](=O)[O-])OCO3)C1.CC(=O)CSc1n[nH]c(-c2ccc(N(C)C)cc2)n1.CC(=O)CSc1n[nH]c(-c2ccccc2OCCN2CCCC2)n1.COC(=O)CSC1=NN=C(c2cccc(C)c2)C1.COc1cc([N+](=O)[O-])ccc1C1=NN=C(SCC(C)=O)C1.COc1cccc(OC)c1-c1nc(SCC(C)=O)n[nH]1. The summed E-state index contributed by atoms with van der Waals surface area (Å²) in [7, 11) is 10.00. The molecule has 0 amide bonds. The molecule has 1 fully saturated rings. The number of likely N-dealkylation sites (tertiary alicyclic amines) is 1. The van der Waals surface area contributed by atoms with E-state index in [0.717, 1.165) is 56.3 Å². The number of non-ortho nitro benzene ring substituents is 1. The van der Waals surface area contributed by atoms with Gasteiger partial charge in [-0.1, -0.05) is 95.1 Å². The number of H-pyrrole nitrogens is 3. The maximum atomic E-state index is 11.2. The summed E-state index contributed by atoms with van der Waals surface area (Å²) in [5.74, 6) is 7.46. The summed E-state index contributed by atoms with van der Waals surface area (Å²) >= 11 is 7.98. The van der Waals surface area contributed by atoms with Crippen LogP contribution in [0.5, 0.6) is 34.5 Å². The second-order valence-corrected chi connectivity index (χ2v) is 33.2. The number of hydrogen-bond donors (Lipinski definition) is 3. The molecule has 0 bridgehead atoms. The van der Waals surface area contributed by atoms with Crippen molar-refractivity contribution in [2.24, 2.45) is 30.6 Å². The van der Waals surface area contributed by atoms with Crippen LogP contribution < -0.4 is 33.3 Å². The van der Waals surface area contributed by atoms with Gasteiger partial charge in [0.1, 0.15) is 79.2 Å². The van der Waals surface area contributed by atoms with Crippen LogP contribution in [0.4, 0.5) is 17.1 Å². The number of nitro benzene ring substituents is 2. The smallest absolute Gasteiger partial charge is 0.316 e. The van der Waals surface area contributed by atoms with Crippen molar-refractivity contribution >= 4 is 155 Å². The third-order valence-corrected chi connectivity index (χ3v) is 23.4. The van der Waals surface area contributed by atoms with Gasteiger partial charge < -0.3 is 38.1 Å². The Bertz CT molecular complexity index is 5450. The molecule has 3 aromatic heterocycles. The number of nitro groups is 2. The molecule has 42 heteroatoms. The molecule has 5 aliphatic heterocycles. The Morgan fingerprint density at radius 3 is 1.50 bits per heavy atom. The van der Waals surface area contributed by atoms with Crippen LogP contribution in [0, 0.1) is 27.2 Å². The number of nitrogens with one attached hydrogen (secondary N) is 3. The minimum Gasteiger partial charge on any atom is -0.496 e. The first-order chi connectivity index (χ1) is 59.7. The second kappa shape index (κ2) is 48.8. The molecule has 9 aromatic rings. The number of rotatable bonds is 31. The lowest BCUT2D eigenvalue weighted by Crippen LogP contribution is -2.25. The maximum Gasteiger partial charge on any atom is 0.316 e. The van der Waals surface area contributed by atoms with E-state index in [1.54, 1.807) is 40.2 Å². The number of fused-ring (bicyclic) bond motifs is 1. The Kier molecular flexibility index (Phi) is 37.7. The van der Waals surface area contributed by atoms with E-state index in [-0.39, 0.29) is 58.8 Å². The molecule has 0 aliphatic carbocycles. The molecule has 0 unspecified atom stereocenters. The quantitative estimate of drug-likeness (QED) is 0.0157. The van der Waals surface area contributed by atoms with Gasteiger partial charge in [0.2, 0.25) is 22.3 Å². The van der Waals surface area contributed by atoms with E-state index in [0.29, 0.717) is 144 Å². The number of carbonyl (C=O) groups excluding carboxylic acids is 6. The molecule has 3 N–H and O–H groups in total. The van der Waals surface area contributed by atoms with E-state index in [9.17, 15) is 49.0 Å². The summed E-state index contributed by atoms with van der Waals surface area (Å²) in [5.41, 5.74) is 9.00. The molecule has 36 nitrogen and oxygen atoms in total. The highest BCUT2D eigenvalue weighted by Gasteiger charge is 2.30. The monoisotopic (exact) mass is 1810 g/mol. The highest BCUT2D eigenvalue weighted by atomic mass is 32.2. The Balaban J connectivity index is 0.000000169. The van der Waals surface area contributed by atoms with Gasteiger partial charge in [0.05, 0.1) is 113 Å². The van der Waals surface area contributed by atoms with E-state index in [1.807, 2.05) is 111 Å². The van der Waals surface area contributed by atoms with Crippen LogP contribution >= 0.6 is 70.6 Å². The molecule has 8 heterocycles. The van der Waals surface area contributed by atoms with Crippen molar-refractivity contribution < 1.29 is 71.8 Å². The first-order valence-corrected chi connectivity index (χ1v) is 44.0. The van der Waals surface area contributed by atoms with Gasteiger partial charge in [-0.3, -0.25) is 69.2 Å². The predicted molar refractivity (Wildman–Crippen MR) is 485 cm³/mol. The Labute approximate surface area is 739 Å². The highest BCUT2D eigenvalue weighted by Crippen LogP contribution is 2.41. The number of aromatic nitrogens is 9. The highest BCUT2D eigenvalue weighted by molar-refractivity contribution is 8.15. The summed E-state index contributed by atoms with van der Waals surface area (Å²) in [6.45, 7) is 13.7. The van der Waals surface area contributed by atoms with Crippen LogP contribution in [0.3, 0.4) is 0 Å². The molecule has 0 spiro atoms. The number of ketones is 5. The van der Waals surface area contributed by atoms with Crippen LogP contribution in [0.1, 0.15) is 89.0 Å². The number of thioether (sulfide) groups is 6. The van der Waals surface area contributed by atoms with Gasteiger partial charge in [0.15, 0.2) is 29.0 Å². The fourth-order valence-electron chi connectivity index (χ4n) is 11.3. The standard InChI is InChI=1S/C17H22N4O2S.C13H16N4OS.C13H11N3O5S.C13H13N3O4S.C13H15N3O3S.C13H14N2O2S/c1-13(22)12-24-17-18-16(19-20-17)14-6-2-3-7-15(14)23-11-10-21-8-4-5-9-21;1-9(18)8-19-13-14-12(15-16-13)10-4-6-11(7-5-10)17(2)3;1-7(17)5-22-13-3-9(14-15-13)8-2-11-12(21-6-20-11)4-10(8)16(18)19;1-8(17)7-21-13-6-11(14-15-13)10-4-3-9(16(18)19)5-12(10)20-2;1-8(17)7-20-13-14-12(15-16-13)11-9(18-2)5-4-6-10(11)19-3;1-9-4-3-5-10(6-9)11-7-12(15-14-11)18-8-13(16)17-2/h2-3,6-7H,4-5,8-12H2,1H3,(H,18,19,20);4-7H,8H2,1-3H3,(H,14,15,16);2,4H,3,5-6H2,1H3;3-5H,6-7H2,1-2H3;4-6H,7H2,1-3H3,(H,14,15,16);3-6H,7-8H2,1-2H3. The van der Waals surface area contributed by atoms with Crippen molar-refractivity contribution in [3.05, 3.63) is 164 Å². The Morgan fingerprint density at radius 2 is 0.968 bits per heavy atom. The fourth-order valence-corrected chi connectivity index (χ4v) is 15.3. The summed E-state index contributed by atoms with van der Waals surface area (Å²) in [5, 5.41) is 71.3. The first kappa shape index (κ1) is 95.9. The Morgan fingerprint density at radius 1 is 0.484 bits per heavy atom. The molecule has 124 heavy (non-hydrogen) atoms. The second-order valence-electron chi connectivity index (χ2n) is 27.2. The number of nitrogens with zero attached hydrogens (tertiary/aromatic N) is 16. The van der Waals surface area contributed by atoms with E-state index in [2.05, 4.69) is 91.9 Å². The molecule has 652 valence electrons. The number of para-hydroxylation sites is 1. The molecule has 6 aromatic carbocycles. The molecule has 14 rings (SSSR count). The molecule has 0 saturated carbocycles. The van der Waals surface area contributed by atoms with Crippen LogP contribution in [0.15, 0.2) is 167 Å². The van der Waals surface area contributed by atoms with Gasteiger partial charge >= 0.3 is 5.97 Å². The Hall–Kier alpha value is -12.0. The number of methoxy groups -OCH3 is 4. The summed E-state index contributed by atoms with van der Waals surface area (Å²) < 4.78 is 36.8. The van der Waals surface area contributed by atoms with E-state index in [4.69, 9.17) is 28.4 Å². The molecule has 0 atom stereocenters. The van der Waals surface area contributed by atoms with Gasteiger partial charge in [0.25, 0.3) is 11.4 Å². The average Bonchev–Trinajstić information content (AvgIpc) is 1.62. The van der Waals surface area contributed by atoms with E-state index < -0.39 is 9.85 Å². The zero-order valence-electron chi connectivity index (χ0n) is 69.9. The number of benzene rings is 6. The number of Topliss-reactive ketones (excluding diaryl/α,β-unsaturated/α-hetero) is 5. The fraction of sp³-hybridized carbons (Fsp3) is 0.341. The van der Waals surface area contributed by atoms with Gasteiger partial charge in [-0.05, 0) is 128 Å². The van der Waals surface area contributed by atoms with Crippen molar-refractivity contribution in [2.75, 3.05) is 115 Å². The lowest BCUT2D eigenvalue weighted by atomic mass is 10.1. The van der Waals surface area contributed by atoms with Gasteiger partial charge in [-0.25, -0.2) is 15.0 Å². The van der Waals surface area contributed by atoms with Crippen molar-refractivity contribution in [3.8, 4) is 68.7 Å². The van der Waals surface area contributed by atoms with Gasteiger partial charge in [0, 0.05) is 68.8 Å². The normalized spacial score (nSPS) is 13.3.